The lowest BCUT2D eigenvalue weighted by Gasteiger charge is -2.12. The molecule has 1 heterocycles. The Morgan fingerprint density at radius 3 is 2.57 bits per heavy atom. The normalized spacial score (nSPS) is 10.4. The Morgan fingerprint density at radius 1 is 1.24 bits per heavy atom. The van der Waals surface area contributed by atoms with E-state index in [1.807, 2.05) is 30.3 Å². The molecule has 110 valence electrons. The molecule has 1 aromatic heterocycles. The highest BCUT2D eigenvalue weighted by atomic mass is 32.2. The van der Waals surface area contributed by atoms with Gasteiger partial charge in [0, 0.05) is 5.56 Å². The molecule has 0 spiro atoms. The summed E-state index contributed by atoms with van der Waals surface area (Å²) in [6.07, 6.45) is 0. The van der Waals surface area contributed by atoms with Gasteiger partial charge in [-0.15, -0.1) is 0 Å². The van der Waals surface area contributed by atoms with Gasteiger partial charge in [0.25, 0.3) is 0 Å². The van der Waals surface area contributed by atoms with E-state index in [1.165, 1.54) is 0 Å². The Balaban J connectivity index is 2.60. The molecule has 2 aromatic rings. The molecule has 21 heavy (non-hydrogen) atoms. The highest BCUT2D eigenvalue weighted by molar-refractivity contribution is 7.94. The van der Waals surface area contributed by atoms with Gasteiger partial charge >= 0.3 is 5.97 Å². The average molecular weight is 304 g/mol. The van der Waals surface area contributed by atoms with Crippen molar-refractivity contribution < 1.29 is 13.7 Å². The molecule has 2 rings (SSSR count). The average Bonchev–Trinajstić information content (AvgIpc) is 2.48. The maximum Gasteiger partial charge on any atom is 0.342 e. The summed E-state index contributed by atoms with van der Waals surface area (Å²) in [6.45, 7) is 3.84. The van der Waals surface area contributed by atoms with Crippen molar-refractivity contribution in [2.75, 3.05) is 13.7 Å². The second-order valence-electron chi connectivity index (χ2n) is 4.15. The molecule has 0 saturated heterocycles. The maximum atomic E-state index is 12.2. The first-order valence-corrected chi connectivity index (χ1v) is 7.23. The molecule has 0 aliphatic rings. The third-order valence-electron chi connectivity index (χ3n) is 2.75. The number of aromatic nitrogens is 2. The minimum absolute atomic E-state index is 0.307. The molecule has 0 N–H and O–H groups in total. The summed E-state index contributed by atoms with van der Waals surface area (Å²) >= 11 is 1.06. The van der Waals surface area contributed by atoms with Gasteiger partial charge in [0.1, 0.15) is 5.56 Å². The van der Waals surface area contributed by atoms with E-state index in [0.717, 1.165) is 17.6 Å². The van der Waals surface area contributed by atoms with Gasteiger partial charge in [-0.2, -0.15) is 0 Å². The molecule has 0 aliphatic heterocycles. The highest BCUT2D eigenvalue weighted by Gasteiger charge is 2.21. The van der Waals surface area contributed by atoms with E-state index in [-0.39, 0.29) is 0 Å². The van der Waals surface area contributed by atoms with Crippen LogP contribution >= 0.6 is 12.0 Å². The monoisotopic (exact) mass is 304 g/mol. The first kappa shape index (κ1) is 15.5. The lowest BCUT2D eigenvalue weighted by atomic mass is 10.0. The van der Waals surface area contributed by atoms with E-state index < -0.39 is 5.97 Å². The van der Waals surface area contributed by atoms with Gasteiger partial charge in [-0.05, 0) is 13.8 Å². The van der Waals surface area contributed by atoms with Gasteiger partial charge < -0.3 is 8.92 Å². The van der Waals surface area contributed by atoms with E-state index >= 15 is 0 Å². The largest absolute Gasteiger partial charge is 0.462 e. The minimum atomic E-state index is -0.414. The van der Waals surface area contributed by atoms with Crippen LogP contribution in [-0.4, -0.2) is 29.7 Å². The number of hydrogen-bond acceptors (Lipinski definition) is 6. The minimum Gasteiger partial charge on any atom is -0.462 e. The SMILES string of the molecule is CCOC(=O)c1c(C)nc(SOC)nc1-c1ccccc1. The summed E-state index contributed by atoms with van der Waals surface area (Å²) in [6, 6.07) is 9.49. The number of rotatable bonds is 5. The van der Waals surface area contributed by atoms with E-state index in [2.05, 4.69) is 9.97 Å². The zero-order valence-electron chi connectivity index (χ0n) is 12.1. The molecule has 0 radical (unpaired) electrons. The lowest BCUT2D eigenvalue weighted by Crippen LogP contribution is -2.12. The van der Waals surface area contributed by atoms with Gasteiger partial charge in [-0.3, -0.25) is 0 Å². The first-order valence-electron chi connectivity index (χ1n) is 6.49. The molecule has 0 amide bonds. The van der Waals surface area contributed by atoms with Gasteiger partial charge in [0.15, 0.2) is 0 Å². The number of esters is 1. The molecule has 0 saturated carbocycles. The fourth-order valence-corrected chi connectivity index (χ4v) is 2.36. The van der Waals surface area contributed by atoms with Crippen LogP contribution in [0.25, 0.3) is 11.3 Å². The van der Waals surface area contributed by atoms with Crippen LogP contribution in [0.3, 0.4) is 0 Å². The number of carbonyl (C=O) groups excluding carboxylic acids is 1. The Kier molecular flexibility index (Phi) is 5.30. The van der Waals surface area contributed by atoms with E-state index in [4.69, 9.17) is 8.92 Å². The second-order valence-corrected chi connectivity index (χ2v) is 5.02. The zero-order valence-corrected chi connectivity index (χ0v) is 12.9. The van der Waals surface area contributed by atoms with Crippen molar-refractivity contribution in [2.24, 2.45) is 0 Å². The highest BCUT2D eigenvalue weighted by Crippen LogP contribution is 2.27. The number of benzene rings is 1. The number of carbonyl (C=O) groups is 1. The van der Waals surface area contributed by atoms with Gasteiger partial charge in [0.05, 0.1) is 37.1 Å². The number of aryl methyl sites for hydroxylation is 1. The van der Waals surface area contributed by atoms with Crippen molar-refractivity contribution in [1.29, 1.82) is 0 Å². The number of hydrogen-bond donors (Lipinski definition) is 0. The van der Waals surface area contributed by atoms with Crippen molar-refractivity contribution in [2.45, 2.75) is 19.0 Å². The Morgan fingerprint density at radius 2 is 1.95 bits per heavy atom. The summed E-state index contributed by atoms with van der Waals surface area (Å²) in [4.78, 5) is 20.9. The lowest BCUT2D eigenvalue weighted by molar-refractivity contribution is 0.0525. The van der Waals surface area contributed by atoms with E-state index in [1.54, 1.807) is 21.0 Å². The first-order chi connectivity index (χ1) is 10.2. The van der Waals surface area contributed by atoms with Crippen LogP contribution in [0, 0.1) is 6.92 Å². The van der Waals surface area contributed by atoms with Gasteiger partial charge in [-0.25, -0.2) is 14.8 Å². The van der Waals surface area contributed by atoms with Crippen molar-refractivity contribution >= 4 is 18.0 Å². The topological polar surface area (TPSA) is 61.3 Å². The summed E-state index contributed by atoms with van der Waals surface area (Å²) in [5.74, 6) is -0.414. The van der Waals surface area contributed by atoms with Gasteiger partial charge in [0.2, 0.25) is 5.16 Å². The van der Waals surface area contributed by atoms with Crippen molar-refractivity contribution in [1.82, 2.24) is 9.97 Å². The fraction of sp³-hybridized carbons (Fsp3) is 0.267. The molecule has 5 nitrogen and oxygen atoms in total. The molecule has 0 unspecified atom stereocenters. The quantitative estimate of drug-likeness (QED) is 0.480. The molecular weight excluding hydrogens is 288 g/mol. The van der Waals surface area contributed by atoms with Crippen LogP contribution < -0.4 is 0 Å². The Labute approximate surface area is 127 Å². The Bertz CT molecular complexity index is 632. The molecule has 1 aromatic carbocycles. The van der Waals surface area contributed by atoms with E-state index in [9.17, 15) is 4.79 Å². The molecule has 0 bridgehead atoms. The summed E-state index contributed by atoms with van der Waals surface area (Å²) in [7, 11) is 1.55. The predicted molar refractivity (Wildman–Crippen MR) is 81.0 cm³/mol. The van der Waals surface area contributed by atoms with Gasteiger partial charge in [-0.1, -0.05) is 30.3 Å². The molecule has 0 aliphatic carbocycles. The Hall–Kier alpha value is -1.92. The van der Waals surface area contributed by atoms with Crippen LogP contribution in [0.15, 0.2) is 35.5 Å². The molecule has 0 fully saturated rings. The molecule has 0 atom stereocenters. The third-order valence-corrected chi connectivity index (χ3v) is 3.25. The summed E-state index contributed by atoms with van der Waals surface area (Å²) in [5, 5.41) is 0.460. The van der Waals surface area contributed by atoms with Crippen LogP contribution in [0.1, 0.15) is 23.0 Å². The fourth-order valence-electron chi connectivity index (χ4n) is 1.91. The van der Waals surface area contributed by atoms with E-state index in [0.29, 0.717) is 28.7 Å². The van der Waals surface area contributed by atoms with Crippen molar-refractivity contribution in [3.63, 3.8) is 0 Å². The van der Waals surface area contributed by atoms with Crippen LogP contribution in [0.5, 0.6) is 0 Å². The maximum absolute atomic E-state index is 12.2. The molecular formula is C15H16N2O3S. The van der Waals surface area contributed by atoms with Crippen LogP contribution in [0.2, 0.25) is 0 Å². The zero-order chi connectivity index (χ0) is 15.2. The smallest absolute Gasteiger partial charge is 0.342 e. The van der Waals surface area contributed by atoms with Crippen molar-refractivity contribution in [3.05, 3.63) is 41.6 Å². The summed E-state index contributed by atoms with van der Waals surface area (Å²) in [5.41, 5.74) is 2.36. The number of nitrogens with zero attached hydrogens (tertiary/aromatic N) is 2. The van der Waals surface area contributed by atoms with Crippen LogP contribution in [0.4, 0.5) is 0 Å². The molecule has 6 heteroatoms. The third kappa shape index (κ3) is 3.59. The standard InChI is InChI=1S/C15H16N2O3S/c1-4-20-14(18)12-10(2)16-15(21-19-3)17-13(12)11-8-6-5-7-9-11/h5-9H,4H2,1-3H3. The number of ether oxygens (including phenoxy) is 1. The second kappa shape index (κ2) is 7.19. The van der Waals surface area contributed by atoms with Crippen LogP contribution in [-0.2, 0) is 8.92 Å². The van der Waals surface area contributed by atoms with Crippen molar-refractivity contribution in [3.8, 4) is 11.3 Å². The summed E-state index contributed by atoms with van der Waals surface area (Å²) < 4.78 is 10.1. The predicted octanol–water partition coefficient (Wildman–Crippen LogP) is 3.28.